The van der Waals surface area contributed by atoms with E-state index in [9.17, 15) is 0 Å². The number of hydrogen-bond acceptors (Lipinski definition) is 5. The molecule has 0 saturated heterocycles. The fourth-order valence-corrected chi connectivity index (χ4v) is 1.23. The van der Waals surface area contributed by atoms with Crippen LogP contribution in [0.15, 0.2) is 27.3 Å². The Morgan fingerprint density at radius 1 is 1.47 bits per heavy atom. The zero-order chi connectivity index (χ0) is 10.5. The smallest absolute Gasteiger partial charge is 0.238 e. The minimum Gasteiger partial charge on any atom is -0.461 e. The Morgan fingerprint density at radius 2 is 2.40 bits per heavy atom. The van der Waals surface area contributed by atoms with Gasteiger partial charge in [-0.3, -0.25) is 0 Å². The summed E-state index contributed by atoms with van der Waals surface area (Å²) in [4.78, 5) is 4.21. The number of likely N-dealkylation sites (N-methyl/N-ethyl adjacent to an activating group) is 1. The molecule has 0 aliphatic rings. The van der Waals surface area contributed by atoms with Crippen LogP contribution in [-0.2, 0) is 6.42 Å². The standard InChI is InChI=1S/C10H13N3O2/c1-2-11-6-5-9-12-10(13-15-9)8-4-3-7-14-8/h3-4,7,11H,2,5-6H2,1H3. The predicted octanol–water partition coefficient (Wildman–Crippen LogP) is 1.48. The molecule has 1 N–H and O–H groups in total. The molecule has 0 radical (unpaired) electrons. The molecule has 0 fully saturated rings. The van der Waals surface area contributed by atoms with Crippen LogP contribution in [0.4, 0.5) is 0 Å². The second-order valence-electron chi connectivity index (χ2n) is 3.09. The minimum atomic E-state index is 0.506. The molecule has 2 heterocycles. The second-order valence-corrected chi connectivity index (χ2v) is 3.09. The van der Waals surface area contributed by atoms with Crippen molar-refractivity contribution in [2.45, 2.75) is 13.3 Å². The van der Waals surface area contributed by atoms with Gasteiger partial charge in [-0.25, -0.2) is 0 Å². The van der Waals surface area contributed by atoms with Gasteiger partial charge in [0.15, 0.2) is 5.76 Å². The summed E-state index contributed by atoms with van der Waals surface area (Å²) >= 11 is 0. The maximum absolute atomic E-state index is 5.16. The van der Waals surface area contributed by atoms with E-state index in [0.29, 0.717) is 17.5 Å². The highest BCUT2D eigenvalue weighted by Crippen LogP contribution is 2.15. The molecular formula is C10H13N3O2. The average Bonchev–Trinajstić information content (AvgIpc) is 2.87. The fourth-order valence-electron chi connectivity index (χ4n) is 1.23. The van der Waals surface area contributed by atoms with Gasteiger partial charge in [0.2, 0.25) is 11.7 Å². The van der Waals surface area contributed by atoms with Gasteiger partial charge in [-0.2, -0.15) is 4.98 Å². The van der Waals surface area contributed by atoms with E-state index in [4.69, 9.17) is 8.94 Å². The van der Waals surface area contributed by atoms with Crippen molar-refractivity contribution in [2.75, 3.05) is 13.1 Å². The van der Waals surface area contributed by atoms with Gasteiger partial charge < -0.3 is 14.3 Å². The van der Waals surface area contributed by atoms with Gasteiger partial charge in [-0.05, 0) is 18.7 Å². The Kier molecular flexibility index (Phi) is 3.14. The monoisotopic (exact) mass is 207 g/mol. The normalized spacial score (nSPS) is 10.7. The van der Waals surface area contributed by atoms with Crippen molar-refractivity contribution < 1.29 is 8.94 Å². The molecule has 0 spiro atoms. The van der Waals surface area contributed by atoms with Gasteiger partial charge in [0.1, 0.15) is 0 Å². The summed E-state index contributed by atoms with van der Waals surface area (Å²) in [6, 6.07) is 3.60. The van der Waals surface area contributed by atoms with Crippen LogP contribution in [0.1, 0.15) is 12.8 Å². The van der Waals surface area contributed by atoms with Crippen LogP contribution in [0.2, 0.25) is 0 Å². The minimum absolute atomic E-state index is 0.506. The van der Waals surface area contributed by atoms with Crippen LogP contribution in [0.5, 0.6) is 0 Å². The maximum atomic E-state index is 5.16. The van der Waals surface area contributed by atoms with Crippen LogP contribution in [0.3, 0.4) is 0 Å². The molecule has 5 nitrogen and oxygen atoms in total. The maximum Gasteiger partial charge on any atom is 0.238 e. The van der Waals surface area contributed by atoms with Gasteiger partial charge in [0.25, 0.3) is 0 Å². The molecule has 0 bridgehead atoms. The van der Waals surface area contributed by atoms with Crippen molar-refractivity contribution in [3.8, 4) is 11.6 Å². The number of nitrogens with one attached hydrogen (secondary N) is 1. The second kappa shape index (κ2) is 4.75. The lowest BCUT2D eigenvalue weighted by atomic mass is 10.4. The number of nitrogens with zero attached hydrogens (tertiary/aromatic N) is 2. The number of aromatic nitrogens is 2. The number of furan rings is 1. The first-order chi connectivity index (χ1) is 7.40. The summed E-state index contributed by atoms with van der Waals surface area (Å²) in [5.41, 5.74) is 0. The average molecular weight is 207 g/mol. The Balaban J connectivity index is 1.98. The molecule has 0 aliphatic heterocycles. The third-order valence-electron chi connectivity index (χ3n) is 1.98. The summed E-state index contributed by atoms with van der Waals surface area (Å²) in [5, 5.41) is 7.02. The first kappa shape index (κ1) is 9.92. The molecule has 5 heteroatoms. The number of rotatable bonds is 5. The molecule has 0 saturated carbocycles. The van der Waals surface area contributed by atoms with Gasteiger partial charge in [-0.15, -0.1) is 0 Å². The van der Waals surface area contributed by atoms with E-state index in [0.717, 1.165) is 19.5 Å². The van der Waals surface area contributed by atoms with Gasteiger partial charge in [0.05, 0.1) is 6.26 Å². The van der Waals surface area contributed by atoms with E-state index >= 15 is 0 Å². The third-order valence-corrected chi connectivity index (χ3v) is 1.98. The lowest BCUT2D eigenvalue weighted by Gasteiger charge is -1.94. The van der Waals surface area contributed by atoms with Crippen LogP contribution in [0, 0.1) is 0 Å². The summed E-state index contributed by atoms with van der Waals surface area (Å²) in [6.45, 7) is 3.84. The van der Waals surface area contributed by atoms with Crippen molar-refractivity contribution in [3.05, 3.63) is 24.3 Å². The van der Waals surface area contributed by atoms with E-state index in [1.165, 1.54) is 0 Å². The molecule has 2 aromatic rings. The molecule has 2 rings (SSSR count). The van der Waals surface area contributed by atoms with E-state index < -0.39 is 0 Å². The zero-order valence-corrected chi connectivity index (χ0v) is 8.56. The summed E-state index contributed by atoms with van der Waals surface area (Å²) in [5.74, 6) is 1.77. The molecule has 0 amide bonds. The Hall–Kier alpha value is -1.62. The lowest BCUT2D eigenvalue weighted by Crippen LogP contribution is -2.16. The topological polar surface area (TPSA) is 64.1 Å². The van der Waals surface area contributed by atoms with Crippen molar-refractivity contribution in [1.82, 2.24) is 15.5 Å². The molecule has 0 aliphatic carbocycles. The van der Waals surface area contributed by atoms with Crippen LogP contribution < -0.4 is 5.32 Å². The fraction of sp³-hybridized carbons (Fsp3) is 0.400. The van der Waals surface area contributed by atoms with Crippen molar-refractivity contribution in [2.24, 2.45) is 0 Å². The van der Waals surface area contributed by atoms with Crippen molar-refractivity contribution in [1.29, 1.82) is 0 Å². The van der Waals surface area contributed by atoms with Crippen molar-refractivity contribution in [3.63, 3.8) is 0 Å². The van der Waals surface area contributed by atoms with Gasteiger partial charge in [-0.1, -0.05) is 12.1 Å². The lowest BCUT2D eigenvalue weighted by molar-refractivity contribution is 0.375. The molecule has 0 aromatic carbocycles. The summed E-state index contributed by atoms with van der Waals surface area (Å²) in [6.07, 6.45) is 2.32. The zero-order valence-electron chi connectivity index (χ0n) is 8.56. The largest absolute Gasteiger partial charge is 0.461 e. The third kappa shape index (κ3) is 2.44. The first-order valence-corrected chi connectivity index (χ1v) is 4.97. The molecule has 0 atom stereocenters. The Labute approximate surface area is 87.5 Å². The van der Waals surface area contributed by atoms with Gasteiger partial charge >= 0.3 is 0 Å². The first-order valence-electron chi connectivity index (χ1n) is 4.97. The van der Waals surface area contributed by atoms with E-state index in [-0.39, 0.29) is 0 Å². The van der Waals surface area contributed by atoms with E-state index in [1.54, 1.807) is 18.4 Å². The molecule has 0 unspecified atom stereocenters. The van der Waals surface area contributed by atoms with E-state index in [1.807, 2.05) is 0 Å². The van der Waals surface area contributed by atoms with Crippen LogP contribution in [0.25, 0.3) is 11.6 Å². The Bertz CT molecular complexity index is 394. The highest BCUT2D eigenvalue weighted by Gasteiger charge is 2.09. The Morgan fingerprint density at radius 3 is 3.13 bits per heavy atom. The van der Waals surface area contributed by atoms with Crippen molar-refractivity contribution >= 4 is 0 Å². The molecule has 80 valence electrons. The van der Waals surface area contributed by atoms with Gasteiger partial charge in [0, 0.05) is 13.0 Å². The molecule has 2 aromatic heterocycles. The predicted molar refractivity (Wildman–Crippen MR) is 54.2 cm³/mol. The SMILES string of the molecule is CCNCCc1nc(-c2ccco2)no1. The quantitative estimate of drug-likeness (QED) is 0.752. The van der Waals surface area contributed by atoms with Crippen LogP contribution in [-0.4, -0.2) is 23.2 Å². The molecule has 15 heavy (non-hydrogen) atoms. The number of hydrogen-bond donors (Lipinski definition) is 1. The van der Waals surface area contributed by atoms with E-state index in [2.05, 4.69) is 22.4 Å². The van der Waals surface area contributed by atoms with Crippen LogP contribution >= 0.6 is 0 Å². The highest BCUT2D eigenvalue weighted by atomic mass is 16.5. The summed E-state index contributed by atoms with van der Waals surface area (Å²) < 4.78 is 10.2. The molecular weight excluding hydrogens is 194 g/mol. The highest BCUT2D eigenvalue weighted by molar-refractivity contribution is 5.44. The summed E-state index contributed by atoms with van der Waals surface area (Å²) in [7, 11) is 0.